The van der Waals surface area contributed by atoms with E-state index in [0.717, 1.165) is 7.11 Å². The summed E-state index contributed by atoms with van der Waals surface area (Å²) in [4.78, 5) is 23.0. The van der Waals surface area contributed by atoms with Crippen molar-refractivity contribution in [3.63, 3.8) is 0 Å². The Balaban J connectivity index is 3.71. The van der Waals surface area contributed by atoms with E-state index in [4.69, 9.17) is 0 Å². The van der Waals surface area contributed by atoms with Crippen LogP contribution in [0.1, 0.15) is 51.9 Å². The quantitative estimate of drug-likeness (QED) is 0.541. The van der Waals surface area contributed by atoms with Crippen LogP contribution in [0.15, 0.2) is 0 Å². The maximum atomic E-state index is 11.5. The van der Waals surface area contributed by atoms with Gasteiger partial charge in [0, 0.05) is 25.7 Å². The van der Waals surface area contributed by atoms with Crippen molar-refractivity contribution < 1.29 is 31.5 Å². The number of ketones is 2. The highest BCUT2D eigenvalue weighted by atomic mass is 32.3. The molecule has 0 fully saturated rings. The lowest BCUT2D eigenvalue weighted by Gasteiger charge is -2.06. The molecule has 0 aliphatic rings. The number of aliphatic hydroxyl groups excluding tert-OH is 1. The fourth-order valence-electron chi connectivity index (χ4n) is 1.57. The van der Waals surface area contributed by atoms with Gasteiger partial charge in [0.2, 0.25) is 0 Å². The van der Waals surface area contributed by atoms with E-state index in [1.165, 1.54) is 0 Å². The molecule has 8 heteroatoms. The normalized spacial score (nSPS) is 13.1. The van der Waals surface area contributed by atoms with E-state index in [2.05, 4.69) is 8.37 Å². The molecular weight excluding hydrogens is 300 g/mol. The summed E-state index contributed by atoms with van der Waals surface area (Å²) < 4.78 is 30.1. The highest BCUT2D eigenvalue weighted by Gasteiger charge is 2.12. The van der Waals surface area contributed by atoms with Crippen LogP contribution in [-0.2, 0) is 28.4 Å². The van der Waals surface area contributed by atoms with Gasteiger partial charge in [-0.15, -0.1) is 0 Å². The van der Waals surface area contributed by atoms with Gasteiger partial charge in [0.05, 0.1) is 19.8 Å². The number of hydrogen-bond acceptors (Lipinski definition) is 7. The van der Waals surface area contributed by atoms with Crippen molar-refractivity contribution in [2.45, 2.75) is 58.0 Å². The van der Waals surface area contributed by atoms with Gasteiger partial charge in [0.15, 0.2) is 0 Å². The van der Waals surface area contributed by atoms with Crippen molar-refractivity contribution in [1.29, 1.82) is 0 Å². The predicted molar refractivity (Wildman–Crippen MR) is 75.9 cm³/mol. The molecule has 0 spiro atoms. The van der Waals surface area contributed by atoms with E-state index in [-0.39, 0.29) is 43.5 Å². The Kier molecular flexibility index (Phi) is 10.4. The number of hydrogen-bond donors (Lipinski definition) is 1. The summed E-state index contributed by atoms with van der Waals surface area (Å²) in [5.41, 5.74) is 0. The van der Waals surface area contributed by atoms with Crippen LogP contribution in [0.3, 0.4) is 0 Å². The van der Waals surface area contributed by atoms with Crippen LogP contribution in [-0.4, -0.2) is 44.9 Å². The topological polar surface area (TPSA) is 107 Å². The lowest BCUT2D eigenvalue weighted by Crippen LogP contribution is -2.12. The molecule has 0 saturated carbocycles. The molecule has 0 aromatic rings. The van der Waals surface area contributed by atoms with Crippen LogP contribution >= 0.6 is 0 Å². The monoisotopic (exact) mass is 324 g/mol. The lowest BCUT2D eigenvalue weighted by molar-refractivity contribution is -0.124. The minimum atomic E-state index is -4.01. The summed E-state index contributed by atoms with van der Waals surface area (Å²) in [5.74, 6) is -0.264. The Morgan fingerprint density at radius 2 is 1.67 bits per heavy atom. The summed E-state index contributed by atoms with van der Waals surface area (Å²) in [6, 6.07) is 0. The lowest BCUT2D eigenvalue weighted by atomic mass is 10.0. The first kappa shape index (κ1) is 20.2. The zero-order chi connectivity index (χ0) is 16.3. The van der Waals surface area contributed by atoms with Crippen LogP contribution in [0.25, 0.3) is 0 Å². The maximum absolute atomic E-state index is 11.5. The molecule has 0 aliphatic carbocycles. The molecule has 7 nitrogen and oxygen atoms in total. The van der Waals surface area contributed by atoms with E-state index < -0.39 is 10.4 Å². The van der Waals surface area contributed by atoms with Gasteiger partial charge >= 0.3 is 10.4 Å². The number of rotatable bonds is 13. The molecule has 124 valence electrons. The SMILES string of the molecule is CCC(O)CCCC(=O)CCC(=O)CCOS(=O)(=O)OC. The molecule has 0 radical (unpaired) electrons. The number of carbonyl (C=O) groups is 2. The molecule has 0 bridgehead atoms. The molecule has 0 heterocycles. The summed E-state index contributed by atoms with van der Waals surface area (Å²) in [6.45, 7) is 1.59. The Bertz CT molecular complexity index is 416. The predicted octanol–water partition coefficient (Wildman–Crippen LogP) is 1.14. The third-order valence-corrected chi connectivity index (χ3v) is 3.82. The van der Waals surface area contributed by atoms with Crippen LogP contribution in [0.4, 0.5) is 0 Å². The largest absolute Gasteiger partial charge is 0.399 e. The van der Waals surface area contributed by atoms with Crippen LogP contribution in [0.2, 0.25) is 0 Å². The minimum Gasteiger partial charge on any atom is -0.393 e. The maximum Gasteiger partial charge on any atom is 0.399 e. The Morgan fingerprint density at radius 1 is 1.10 bits per heavy atom. The highest BCUT2D eigenvalue weighted by molar-refractivity contribution is 7.81. The third kappa shape index (κ3) is 11.5. The standard InChI is InChI=1S/C13H24O7S/c1-3-11(14)5-4-6-12(15)7-8-13(16)9-10-20-21(17,18)19-2/h11,14H,3-10H2,1-2H3. The van der Waals surface area contributed by atoms with Crippen molar-refractivity contribution in [2.75, 3.05) is 13.7 Å². The molecule has 0 aromatic carbocycles. The Hall–Kier alpha value is -0.830. The molecule has 1 N–H and O–H groups in total. The number of Topliss-reactive ketones (excluding diaryl/α,β-unsaturated/α-hetero) is 2. The summed E-state index contributed by atoms with van der Waals surface area (Å²) in [7, 11) is -3.05. The molecule has 0 rings (SSSR count). The first-order chi connectivity index (χ1) is 9.80. The first-order valence-corrected chi connectivity index (χ1v) is 8.30. The van der Waals surface area contributed by atoms with Gasteiger partial charge in [0.25, 0.3) is 0 Å². The van der Waals surface area contributed by atoms with Crippen LogP contribution in [0.5, 0.6) is 0 Å². The first-order valence-electron chi connectivity index (χ1n) is 6.97. The molecular formula is C13H24O7S. The van der Waals surface area contributed by atoms with Gasteiger partial charge in [-0.25, -0.2) is 4.18 Å². The van der Waals surface area contributed by atoms with Gasteiger partial charge in [-0.3, -0.25) is 13.8 Å². The highest BCUT2D eigenvalue weighted by Crippen LogP contribution is 2.07. The van der Waals surface area contributed by atoms with E-state index >= 15 is 0 Å². The van der Waals surface area contributed by atoms with Crippen LogP contribution < -0.4 is 0 Å². The average molecular weight is 324 g/mol. The van der Waals surface area contributed by atoms with E-state index in [0.29, 0.717) is 25.7 Å². The summed E-state index contributed by atoms with van der Waals surface area (Å²) >= 11 is 0. The van der Waals surface area contributed by atoms with E-state index in [1.807, 2.05) is 6.92 Å². The molecule has 1 atom stereocenters. The molecule has 0 aromatic heterocycles. The summed E-state index contributed by atoms with van der Waals surface area (Å²) in [5, 5.41) is 9.33. The second kappa shape index (κ2) is 10.8. The van der Waals surface area contributed by atoms with Crippen molar-refractivity contribution in [3.8, 4) is 0 Å². The van der Waals surface area contributed by atoms with Gasteiger partial charge in [-0.05, 0) is 19.3 Å². The molecule has 0 aliphatic heterocycles. The average Bonchev–Trinajstić information content (AvgIpc) is 2.44. The Morgan fingerprint density at radius 3 is 2.19 bits per heavy atom. The fourth-order valence-corrected chi connectivity index (χ4v) is 1.96. The smallest absolute Gasteiger partial charge is 0.393 e. The second-order valence-electron chi connectivity index (χ2n) is 4.68. The minimum absolute atomic E-state index is 0.0305. The van der Waals surface area contributed by atoms with Crippen molar-refractivity contribution in [2.24, 2.45) is 0 Å². The zero-order valence-corrected chi connectivity index (χ0v) is 13.4. The molecule has 0 amide bonds. The molecule has 21 heavy (non-hydrogen) atoms. The van der Waals surface area contributed by atoms with E-state index in [1.54, 1.807) is 0 Å². The summed E-state index contributed by atoms with van der Waals surface area (Å²) in [6.07, 6.45) is 1.96. The van der Waals surface area contributed by atoms with Crippen molar-refractivity contribution in [1.82, 2.24) is 0 Å². The Labute approximate surface area is 126 Å². The van der Waals surface area contributed by atoms with Crippen molar-refractivity contribution in [3.05, 3.63) is 0 Å². The van der Waals surface area contributed by atoms with Gasteiger partial charge in [0.1, 0.15) is 11.6 Å². The van der Waals surface area contributed by atoms with Gasteiger partial charge in [-0.1, -0.05) is 6.92 Å². The molecule has 0 saturated heterocycles. The van der Waals surface area contributed by atoms with E-state index in [9.17, 15) is 23.1 Å². The van der Waals surface area contributed by atoms with Crippen molar-refractivity contribution >= 4 is 22.0 Å². The molecule has 1 unspecified atom stereocenters. The number of aliphatic hydroxyl groups is 1. The van der Waals surface area contributed by atoms with Gasteiger partial charge < -0.3 is 5.11 Å². The fraction of sp³-hybridized carbons (Fsp3) is 0.846. The third-order valence-electron chi connectivity index (χ3n) is 2.96. The zero-order valence-electron chi connectivity index (χ0n) is 12.5. The second-order valence-corrected chi connectivity index (χ2v) is 6.06. The van der Waals surface area contributed by atoms with Crippen LogP contribution in [0, 0.1) is 0 Å². The van der Waals surface area contributed by atoms with Gasteiger partial charge in [-0.2, -0.15) is 8.42 Å². The number of carbonyl (C=O) groups excluding carboxylic acids is 2.